The molecule has 2 aliphatic heterocycles. The molecule has 6 nitrogen and oxygen atoms in total. The fourth-order valence-electron chi connectivity index (χ4n) is 4.35. The number of fused-ring (bicyclic) bond motifs is 2. The number of aryl methyl sites for hydroxylation is 1. The van der Waals surface area contributed by atoms with Gasteiger partial charge in [-0.1, -0.05) is 11.6 Å². The number of hydrogen-bond donors (Lipinski definition) is 1. The molecule has 0 atom stereocenters. The van der Waals surface area contributed by atoms with Crippen molar-refractivity contribution in [2.45, 2.75) is 25.9 Å². The van der Waals surface area contributed by atoms with E-state index in [2.05, 4.69) is 25.8 Å². The Balaban J connectivity index is 1.46. The van der Waals surface area contributed by atoms with Gasteiger partial charge in [0.25, 0.3) is 0 Å². The maximum absolute atomic E-state index is 13.7. The molecule has 0 fully saturated rings. The smallest absolute Gasteiger partial charge is 0.344 e. The topological polar surface area (TPSA) is 61.5 Å². The van der Waals surface area contributed by atoms with Crippen molar-refractivity contribution >= 4 is 23.0 Å². The molecule has 8 heteroatoms. The van der Waals surface area contributed by atoms with E-state index >= 15 is 0 Å². The third kappa shape index (κ3) is 4.16. The SMILES string of the molecule is O=c1ncc(CN2CCOc3c(Cl)cc(N4CCCc5cc(F)ccc54)cc3C2)c[nH]1. The Hall–Kier alpha value is -2.90. The minimum absolute atomic E-state index is 0.207. The summed E-state index contributed by atoms with van der Waals surface area (Å²) in [6, 6.07) is 9.01. The van der Waals surface area contributed by atoms with Crippen LogP contribution in [0.3, 0.4) is 0 Å². The van der Waals surface area contributed by atoms with Crippen molar-refractivity contribution in [3.63, 3.8) is 0 Å². The molecule has 1 N–H and O–H groups in total. The number of halogens is 2. The number of benzene rings is 2. The molecule has 3 aromatic rings. The van der Waals surface area contributed by atoms with Gasteiger partial charge in [0.2, 0.25) is 0 Å². The van der Waals surface area contributed by atoms with Crippen LogP contribution in [-0.2, 0) is 19.5 Å². The molecule has 0 radical (unpaired) electrons. The van der Waals surface area contributed by atoms with Crippen molar-refractivity contribution in [3.05, 3.63) is 80.7 Å². The normalized spacial score (nSPS) is 16.3. The lowest BCUT2D eigenvalue weighted by Gasteiger charge is -2.32. The predicted octanol–water partition coefficient (Wildman–Crippen LogP) is 4.04. The van der Waals surface area contributed by atoms with Gasteiger partial charge in [0.05, 0.1) is 5.02 Å². The van der Waals surface area contributed by atoms with Crippen LogP contribution in [-0.4, -0.2) is 34.6 Å². The van der Waals surface area contributed by atoms with E-state index < -0.39 is 0 Å². The molecule has 2 aliphatic rings. The van der Waals surface area contributed by atoms with E-state index in [0.29, 0.717) is 30.5 Å². The van der Waals surface area contributed by atoms with Gasteiger partial charge in [-0.15, -0.1) is 0 Å². The highest BCUT2D eigenvalue weighted by Gasteiger charge is 2.24. The number of H-pyrrole nitrogens is 1. The number of anilines is 2. The molecular weight excluding hydrogens is 419 g/mol. The van der Waals surface area contributed by atoms with Gasteiger partial charge in [-0.2, -0.15) is 0 Å². The summed E-state index contributed by atoms with van der Waals surface area (Å²) in [5.41, 5.74) is 4.60. The van der Waals surface area contributed by atoms with Gasteiger partial charge >= 0.3 is 5.69 Å². The van der Waals surface area contributed by atoms with Crippen molar-refractivity contribution in [1.29, 1.82) is 0 Å². The molecule has 0 amide bonds. The summed E-state index contributed by atoms with van der Waals surface area (Å²) in [4.78, 5) is 22.1. The fraction of sp³-hybridized carbons (Fsp3) is 0.304. The Morgan fingerprint density at radius 1 is 1.19 bits per heavy atom. The summed E-state index contributed by atoms with van der Waals surface area (Å²) >= 11 is 6.64. The lowest BCUT2D eigenvalue weighted by atomic mass is 10.0. The summed E-state index contributed by atoms with van der Waals surface area (Å²) in [6.07, 6.45) is 5.10. The van der Waals surface area contributed by atoms with Crippen molar-refractivity contribution in [3.8, 4) is 5.75 Å². The van der Waals surface area contributed by atoms with Crippen molar-refractivity contribution in [2.24, 2.45) is 0 Å². The van der Waals surface area contributed by atoms with Crippen LogP contribution in [0.25, 0.3) is 0 Å². The van der Waals surface area contributed by atoms with Gasteiger partial charge in [-0.25, -0.2) is 14.2 Å². The van der Waals surface area contributed by atoms with Crippen molar-refractivity contribution in [2.75, 3.05) is 24.6 Å². The second-order valence-corrected chi connectivity index (χ2v) is 8.34. The molecule has 31 heavy (non-hydrogen) atoms. The Morgan fingerprint density at radius 2 is 2.10 bits per heavy atom. The molecule has 5 rings (SSSR count). The van der Waals surface area contributed by atoms with Crippen LogP contribution in [0.2, 0.25) is 5.02 Å². The predicted molar refractivity (Wildman–Crippen MR) is 118 cm³/mol. The first-order valence-electron chi connectivity index (χ1n) is 10.3. The Morgan fingerprint density at radius 3 is 2.94 bits per heavy atom. The summed E-state index contributed by atoms with van der Waals surface area (Å²) < 4.78 is 19.7. The molecule has 0 bridgehead atoms. The first kappa shape index (κ1) is 20.0. The summed E-state index contributed by atoms with van der Waals surface area (Å²) in [5.74, 6) is 0.505. The average Bonchev–Trinajstić information content (AvgIpc) is 2.97. The molecule has 0 saturated carbocycles. The minimum Gasteiger partial charge on any atom is -0.490 e. The van der Waals surface area contributed by atoms with E-state index in [4.69, 9.17) is 16.3 Å². The Labute approximate surface area is 184 Å². The average molecular weight is 441 g/mol. The van der Waals surface area contributed by atoms with Crippen LogP contribution in [0, 0.1) is 5.82 Å². The summed E-state index contributed by atoms with van der Waals surface area (Å²) in [6.45, 7) is 3.40. The van der Waals surface area contributed by atoms with Crippen molar-refractivity contribution < 1.29 is 9.13 Å². The number of hydrogen-bond acceptors (Lipinski definition) is 5. The first-order chi connectivity index (χ1) is 15.1. The lowest BCUT2D eigenvalue weighted by Crippen LogP contribution is -2.26. The summed E-state index contributed by atoms with van der Waals surface area (Å²) in [5, 5.41) is 0.578. The van der Waals surface area contributed by atoms with Gasteiger partial charge in [0.1, 0.15) is 18.2 Å². The first-order valence-corrected chi connectivity index (χ1v) is 10.7. The highest BCUT2D eigenvalue weighted by molar-refractivity contribution is 6.32. The zero-order valence-corrected chi connectivity index (χ0v) is 17.7. The monoisotopic (exact) mass is 440 g/mol. The van der Waals surface area contributed by atoms with Crippen LogP contribution in [0.1, 0.15) is 23.1 Å². The lowest BCUT2D eigenvalue weighted by molar-refractivity contribution is 0.219. The Kier molecular flexibility index (Phi) is 5.38. The molecule has 3 heterocycles. The second kappa shape index (κ2) is 8.32. The van der Waals surface area contributed by atoms with E-state index in [9.17, 15) is 9.18 Å². The number of nitrogens with one attached hydrogen (secondary N) is 1. The van der Waals surface area contributed by atoms with Crippen molar-refractivity contribution in [1.82, 2.24) is 14.9 Å². The molecule has 0 unspecified atom stereocenters. The van der Waals surface area contributed by atoms with E-state index in [1.165, 1.54) is 6.07 Å². The number of aromatic nitrogens is 2. The van der Waals surface area contributed by atoms with E-state index in [0.717, 1.165) is 54.0 Å². The third-order valence-corrected chi connectivity index (χ3v) is 6.04. The zero-order chi connectivity index (χ0) is 21.4. The van der Waals surface area contributed by atoms with Gasteiger partial charge in [0, 0.05) is 61.1 Å². The molecule has 160 valence electrons. The molecule has 1 aromatic heterocycles. The molecule has 0 aliphatic carbocycles. The summed E-state index contributed by atoms with van der Waals surface area (Å²) in [7, 11) is 0. The molecule has 0 saturated heterocycles. The largest absolute Gasteiger partial charge is 0.490 e. The fourth-order valence-corrected chi connectivity index (χ4v) is 4.64. The zero-order valence-electron chi connectivity index (χ0n) is 16.9. The standard InChI is InChI=1S/C23H22ClFN4O2/c24-20-10-19(29-5-1-2-16-8-18(25)3-4-21(16)29)9-17-14-28(6-7-31-22(17)20)13-15-11-26-23(30)27-12-15/h3-4,8-12H,1-2,5-7,13-14H2,(H,26,27,30). The van der Waals surface area contributed by atoms with Crippen LogP contribution < -0.4 is 15.3 Å². The van der Waals surface area contributed by atoms with Gasteiger partial charge in [-0.3, -0.25) is 4.90 Å². The third-order valence-electron chi connectivity index (χ3n) is 5.76. The number of ether oxygens (including phenoxy) is 1. The number of nitrogens with zero attached hydrogens (tertiary/aromatic N) is 3. The van der Waals surface area contributed by atoms with Crippen LogP contribution >= 0.6 is 11.6 Å². The minimum atomic E-state index is -0.355. The quantitative estimate of drug-likeness (QED) is 0.666. The van der Waals surface area contributed by atoms with Crippen LogP contribution in [0.4, 0.5) is 15.8 Å². The molecular formula is C23H22ClFN4O2. The van der Waals surface area contributed by atoms with E-state index in [1.54, 1.807) is 18.5 Å². The number of aromatic amines is 1. The van der Waals surface area contributed by atoms with E-state index in [1.807, 2.05) is 12.1 Å². The number of rotatable bonds is 3. The second-order valence-electron chi connectivity index (χ2n) is 7.93. The Bertz CT molecular complexity index is 1160. The molecule has 0 spiro atoms. The van der Waals surface area contributed by atoms with Crippen LogP contribution in [0.15, 0.2) is 47.5 Å². The van der Waals surface area contributed by atoms with E-state index in [-0.39, 0.29) is 11.5 Å². The molecule has 2 aromatic carbocycles. The van der Waals surface area contributed by atoms with Gasteiger partial charge in [0.15, 0.2) is 0 Å². The highest BCUT2D eigenvalue weighted by atomic mass is 35.5. The van der Waals surface area contributed by atoms with Gasteiger partial charge in [-0.05, 0) is 48.7 Å². The highest BCUT2D eigenvalue weighted by Crippen LogP contribution is 2.40. The van der Waals surface area contributed by atoms with Crippen LogP contribution in [0.5, 0.6) is 5.75 Å². The maximum Gasteiger partial charge on any atom is 0.344 e. The maximum atomic E-state index is 13.7. The van der Waals surface area contributed by atoms with Gasteiger partial charge < -0.3 is 14.6 Å².